The highest BCUT2D eigenvalue weighted by Gasteiger charge is 2.55. The van der Waals surface area contributed by atoms with Crippen molar-refractivity contribution in [2.45, 2.75) is 68.6 Å². The smallest absolute Gasteiger partial charge is 0.338 e. The summed E-state index contributed by atoms with van der Waals surface area (Å²) in [6, 6.07) is 13.9. The standard InChI is InChI=1S/C25H27NO9/c27-20-22(34-23(28)16-7-3-1-4-8-16)21-19(15-31-25(35-21)13-5-2-6-14-25)33-24(20)32-18-11-9-17(10-12-18)26(29)30/h1,3-4,7-12,19-22,24,27H,2,5-6,13-15H2/t19?,20?,21-,22?,24-/m1/s1. The second kappa shape index (κ2) is 9.90. The first-order valence-electron chi connectivity index (χ1n) is 11.8. The minimum atomic E-state index is -1.38. The fourth-order valence-electron chi connectivity index (χ4n) is 4.82. The van der Waals surface area contributed by atoms with Crippen LogP contribution in [0.3, 0.4) is 0 Å². The highest BCUT2D eigenvalue weighted by Crippen LogP contribution is 2.41. The number of aliphatic hydroxyl groups excluding tert-OH is 1. The fourth-order valence-corrected chi connectivity index (χ4v) is 4.82. The molecule has 5 atom stereocenters. The lowest BCUT2D eigenvalue weighted by Crippen LogP contribution is -2.67. The molecule has 1 aliphatic carbocycles. The molecule has 2 heterocycles. The van der Waals surface area contributed by atoms with E-state index in [9.17, 15) is 20.0 Å². The van der Waals surface area contributed by atoms with Crippen LogP contribution >= 0.6 is 0 Å². The molecular formula is C25H27NO9. The van der Waals surface area contributed by atoms with Crippen LogP contribution in [0.4, 0.5) is 5.69 Å². The largest absolute Gasteiger partial charge is 0.462 e. The molecule has 5 rings (SSSR count). The molecule has 3 aliphatic rings. The van der Waals surface area contributed by atoms with Crippen molar-refractivity contribution in [1.29, 1.82) is 0 Å². The van der Waals surface area contributed by atoms with Crippen molar-refractivity contribution >= 4 is 11.7 Å². The van der Waals surface area contributed by atoms with E-state index in [1.54, 1.807) is 30.3 Å². The summed E-state index contributed by atoms with van der Waals surface area (Å²) in [6.07, 6.45) is -0.614. The van der Waals surface area contributed by atoms with Crippen LogP contribution in [-0.2, 0) is 18.9 Å². The zero-order valence-electron chi connectivity index (χ0n) is 19.0. The number of non-ortho nitro benzene ring substituents is 1. The molecule has 186 valence electrons. The molecule has 2 saturated heterocycles. The number of ether oxygens (including phenoxy) is 5. The van der Waals surface area contributed by atoms with E-state index in [0.717, 1.165) is 19.3 Å². The lowest BCUT2D eigenvalue weighted by molar-refractivity contribution is -0.388. The highest BCUT2D eigenvalue weighted by atomic mass is 16.8. The average Bonchev–Trinajstić information content (AvgIpc) is 2.88. The van der Waals surface area contributed by atoms with Gasteiger partial charge in [0.2, 0.25) is 6.29 Å². The van der Waals surface area contributed by atoms with Gasteiger partial charge in [0, 0.05) is 25.0 Å². The van der Waals surface area contributed by atoms with Crippen LogP contribution in [0.5, 0.6) is 5.75 Å². The van der Waals surface area contributed by atoms with Crippen molar-refractivity contribution in [3.63, 3.8) is 0 Å². The molecule has 0 aromatic heterocycles. The Morgan fingerprint density at radius 1 is 1.06 bits per heavy atom. The molecular weight excluding hydrogens is 458 g/mol. The van der Waals surface area contributed by atoms with Crippen LogP contribution in [0, 0.1) is 10.1 Å². The number of nitro benzene ring substituents is 1. The van der Waals surface area contributed by atoms with E-state index in [4.69, 9.17) is 23.7 Å². The van der Waals surface area contributed by atoms with E-state index >= 15 is 0 Å². The van der Waals surface area contributed by atoms with Crippen molar-refractivity contribution in [3.05, 3.63) is 70.3 Å². The van der Waals surface area contributed by atoms with E-state index in [1.165, 1.54) is 24.3 Å². The maximum absolute atomic E-state index is 12.9. The topological polar surface area (TPSA) is 127 Å². The fraction of sp³-hybridized carbons (Fsp3) is 0.480. The molecule has 0 bridgehead atoms. The van der Waals surface area contributed by atoms with E-state index < -0.39 is 47.4 Å². The lowest BCUT2D eigenvalue weighted by Gasteiger charge is -2.52. The Balaban J connectivity index is 1.38. The first-order valence-corrected chi connectivity index (χ1v) is 11.8. The Labute approximate surface area is 201 Å². The molecule has 10 heteroatoms. The molecule has 1 spiro atoms. The van der Waals surface area contributed by atoms with E-state index in [0.29, 0.717) is 18.4 Å². The quantitative estimate of drug-likeness (QED) is 0.385. The number of fused-ring (bicyclic) bond motifs is 1. The molecule has 2 aliphatic heterocycles. The van der Waals surface area contributed by atoms with Crippen LogP contribution in [0.1, 0.15) is 42.5 Å². The molecule has 35 heavy (non-hydrogen) atoms. The third kappa shape index (κ3) is 5.01. The van der Waals surface area contributed by atoms with Crippen LogP contribution < -0.4 is 4.74 Å². The van der Waals surface area contributed by atoms with Gasteiger partial charge >= 0.3 is 5.97 Å². The lowest BCUT2D eigenvalue weighted by atomic mass is 9.90. The third-order valence-corrected chi connectivity index (χ3v) is 6.64. The van der Waals surface area contributed by atoms with Crippen LogP contribution in [0.2, 0.25) is 0 Å². The van der Waals surface area contributed by atoms with Gasteiger partial charge in [-0.25, -0.2) is 4.79 Å². The predicted molar refractivity (Wildman–Crippen MR) is 121 cm³/mol. The number of nitrogens with zero attached hydrogens (tertiary/aromatic N) is 1. The van der Waals surface area contributed by atoms with E-state index in [2.05, 4.69) is 0 Å². The molecule has 2 aromatic rings. The summed E-state index contributed by atoms with van der Waals surface area (Å²) in [4.78, 5) is 23.3. The summed E-state index contributed by atoms with van der Waals surface area (Å²) in [5.74, 6) is -1.13. The van der Waals surface area contributed by atoms with Crippen LogP contribution in [0.15, 0.2) is 54.6 Å². The summed E-state index contributed by atoms with van der Waals surface area (Å²) in [5, 5.41) is 22.1. The Bertz CT molecular complexity index is 1040. The summed E-state index contributed by atoms with van der Waals surface area (Å²) in [6.45, 7) is 0.191. The zero-order valence-corrected chi connectivity index (χ0v) is 19.0. The number of aliphatic hydroxyl groups is 1. The van der Waals surface area contributed by atoms with Crippen molar-refractivity contribution in [2.75, 3.05) is 6.61 Å². The van der Waals surface area contributed by atoms with E-state index in [-0.39, 0.29) is 18.0 Å². The number of hydrogen-bond acceptors (Lipinski definition) is 9. The van der Waals surface area contributed by atoms with Gasteiger partial charge in [-0.3, -0.25) is 10.1 Å². The number of carbonyl (C=O) groups is 1. The van der Waals surface area contributed by atoms with Crippen LogP contribution in [0.25, 0.3) is 0 Å². The van der Waals surface area contributed by atoms with E-state index in [1.807, 2.05) is 0 Å². The van der Waals surface area contributed by atoms with Gasteiger partial charge in [-0.05, 0) is 37.1 Å². The number of carbonyl (C=O) groups excluding carboxylic acids is 1. The zero-order chi connectivity index (χ0) is 24.4. The summed E-state index contributed by atoms with van der Waals surface area (Å²) >= 11 is 0. The number of benzene rings is 2. The summed E-state index contributed by atoms with van der Waals surface area (Å²) < 4.78 is 30.0. The maximum Gasteiger partial charge on any atom is 0.338 e. The maximum atomic E-state index is 12.9. The van der Waals surface area contributed by atoms with Crippen LogP contribution in [-0.4, -0.2) is 59.1 Å². The third-order valence-electron chi connectivity index (χ3n) is 6.64. The minimum Gasteiger partial charge on any atom is -0.462 e. The molecule has 3 unspecified atom stereocenters. The van der Waals surface area contributed by atoms with Gasteiger partial charge in [0.25, 0.3) is 5.69 Å². The minimum absolute atomic E-state index is 0.0935. The Morgan fingerprint density at radius 3 is 2.46 bits per heavy atom. The van der Waals surface area contributed by atoms with Gasteiger partial charge in [0.15, 0.2) is 18.0 Å². The summed E-state index contributed by atoms with van der Waals surface area (Å²) in [7, 11) is 0. The van der Waals surface area contributed by atoms with Gasteiger partial charge < -0.3 is 28.8 Å². The van der Waals surface area contributed by atoms with Gasteiger partial charge in [-0.2, -0.15) is 0 Å². The van der Waals surface area contributed by atoms with Gasteiger partial charge in [0.05, 0.1) is 17.1 Å². The Morgan fingerprint density at radius 2 is 1.77 bits per heavy atom. The molecule has 1 saturated carbocycles. The molecule has 0 radical (unpaired) electrons. The van der Waals surface area contributed by atoms with Crippen molar-refractivity contribution < 1.29 is 38.5 Å². The second-order valence-corrected chi connectivity index (χ2v) is 9.00. The van der Waals surface area contributed by atoms with Gasteiger partial charge in [-0.1, -0.05) is 24.6 Å². The molecule has 1 N–H and O–H groups in total. The number of rotatable bonds is 5. The van der Waals surface area contributed by atoms with Crippen molar-refractivity contribution in [1.82, 2.24) is 0 Å². The SMILES string of the molecule is O=C(OC1C(O)[C@H](Oc2ccc([N+](=O)[O-])cc2)OC2COC3(CCCCC3)O[C@H]21)c1ccccc1. The predicted octanol–water partition coefficient (Wildman–Crippen LogP) is 3.36. The Kier molecular flexibility index (Phi) is 6.70. The number of nitro groups is 1. The van der Waals surface area contributed by atoms with Crippen molar-refractivity contribution in [2.24, 2.45) is 0 Å². The summed E-state index contributed by atoms with van der Waals surface area (Å²) in [5.41, 5.74) is 0.249. The van der Waals surface area contributed by atoms with Gasteiger partial charge in [0.1, 0.15) is 18.0 Å². The molecule has 0 amide bonds. The number of hydrogen-bond donors (Lipinski definition) is 1. The van der Waals surface area contributed by atoms with Gasteiger partial charge in [-0.15, -0.1) is 0 Å². The van der Waals surface area contributed by atoms with Crippen molar-refractivity contribution in [3.8, 4) is 5.75 Å². The molecule has 3 fully saturated rings. The second-order valence-electron chi connectivity index (χ2n) is 9.00. The number of esters is 1. The highest BCUT2D eigenvalue weighted by molar-refractivity contribution is 5.89. The monoisotopic (exact) mass is 485 g/mol. The molecule has 2 aromatic carbocycles. The average molecular weight is 485 g/mol. The normalized spacial score (nSPS) is 29.7. The molecule has 10 nitrogen and oxygen atoms in total. The Hall–Kier alpha value is -3.05. The first-order chi connectivity index (χ1) is 16.9. The first kappa shape index (κ1) is 23.7.